The minimum atomic E-state index is -0.299. The molecule has 0 saturated carbocycles. The Labute approximate surface area is 120 Å². The lowest BCUT2D eigenvalue weighted by Crippen LogP contribution is -2.27. The molecule has 4 nitrogen and oxygen atoms in total. The van der Waals surface area contributed by atoms with Crippen LogP contribution in [0.25, 0.3) is 0 Å². The molecule has 1 amide bonds. The first-order valence-corrected chi connectivity index (χ1v) is 6.37. The number of halogens is 2. The Bertz CT molecular complexity index is 569. The van der Waals surface area contributed by atoms with Crippen molar-refractivity contribution in [1.82, 2.24) is 15.5 Å². The van der Waals surface area contributed by atoms with Crippen LogP contribution in [-0.4, -0.2) is 16.1 Å². The molecule has 6 heteroatoms. The average Bonchev–Trinajstić information content (AvgIpc) is 2.40. The van der Waals surface area contributed by atoms with Crippen LogP contribution in [0, 0.1) is 0 Å². The Balaban J connectivity index is 2.06. The monoisotopic (exact) mass is 295 g/mol. The van der Waals surface area contributed by atoms with Crippen LogP contribution in [-0.2, 0) is 0 Å². The Morgan fingerprint density at radius 1 is 1.11 bits per heavy atom. The van der Waals surface area contributed by atoms with Crippen LogP contribution in [0.15, 0.2) is 36.4 Å². The van der Waals surface area contributed by atoms with Crippen molar-refractivity contribution in [2.45, 2.75) is 13.0 Å². The molecular weight excluding hydrogens is 285 g/mol. The average molecular weight is 296 g/mol. The molecule has 2 aromatic rings. The molecule has 98 valence electrons. The molecule has 0 radical (unpaired) electrons. The number of hydrogen-bond donors (Lipinski definition) is 1. The fourth-order valence-electron chi connectivity index (χ4n) is 1.54. The van der Waals surface area contributed by atoms with E-state index in [1.165, 1.54) is 12.1 Å². The van der Waals surface area contributed by atoms with Crippen molar-refractivity contribution in [2.24, 2.45) is 0 Å². The zero-order valence-electron chi connectivity index (χ0n) is 10.1. The van der Waals surface area contributed by atoms with Gasteiger partial charge in [-0.1, -0.05) is 35.3 Å². The summed E-state index contributed by atoms with van der Waals surface area (Å²) in [5, 5.41) is 11.1. The molecule has 0 aliphatic carbocycles. The van der Waals surface area contributed by atoms with Gasteiger partial charge < -0.3 is 5.32 Å². The van der Waals surface area contributed by atoms with E-state index in [-0.39, 0.29) is 22.8 Å². The number of carbonyl (C=O) groups excluding carboxylic acids is 1. The Morgan fingerprint density at radius 2 is 1.79 bits per heavy atom. The molecule has 1 unspecified atom stereocenters. The number of carbonyl (C=O) groups is 1. The topological polar surface area (TPSA) is 54.9 Å². The molecule has 2 rings (SSSR count). The highest BCUT2D eigenvalue weighted by Gasteiger charge is 2.12. The second kappa shape index (κ2) is 5.99. The molecule has 0 fully saturated rings. The molecule has 0 bridgehead atoms. The second-order valence-corrected chi connectivity index (χ2v) is 4.81. The van der Waals surface area contributed by atoms with Crippen LogP contribution < -0.4 is 5.32 Å². The maximum absolute atomic E-state index is 11.9. The normalized spacial score (nSPS) is 11.9. The van der Waals surface area contributed by atoms with E-state index < -0.39 is 0 Å². The number of amides is 1. The summed E-state index contributed by atoms with van der Waals surface area (Å²) in [7, 11) is 0. The lowest BCUT2D eigenvalue weighted by molar-refractivity contribution is 0.0934. The van der Waals surface area contributed by atoms with Crippen LogP contribution in [0.5, 0.6) is 0 Å². The molecule has 0 spiro atoms. The van der Waals surface area contributed by atoms with E-state index in [1.54, 1.807) is 12.1 Å². The third kappa shape index (κ3) is 3.66. The summed E-state index contributed by atoms with van der Waals surface area (Å²) in [5.74, 6) is -0.299. The summed E-state index contributed by atoms with van der Waals surface area (Å²) in [4.78, 5) is 11.9. The van der Waals surface area contributed by atoms with Gasteiger partial charge in [0.1, 0.15) is 0 Å². The summed E-state index contributed by atoms with van der Waals surface area (Å²) >= 11 is 11.4. The maximum atomic E-state index is 11.9. The third-order valence-corrected chi connectivity index (χ3v) is 3.04. The first kappa shape index (κ1) is 13.8. The maximum Gasteiger partial charge on any atom is 0.272 e. The van der Waals surface area contributed by atoms with Crippen molar-refractivity contribution < 1.29 is 4.79 Å². The first-order valence-electron chi connectivity index (χ1n) is 5.62. The summed E-state index contributed by atoms with van der Waals surface area (Å²) in [6.45, 7) is 1.88. The largest absolute Gasteiger partial charge is 0.344 e. The second-order valence-electron chi connectivity index (χ2n) is 3.99. The zero-order valence-corrected chi connectivity index (χ0v) is 11.6. The quantitative estimate of drug-likeness (QED) is 0.945. The van der Waals surface area contributed by atoms with Crippen LogP contribution in [0.4, 0.5) is 0 Å². The molecule has 1 aromatic heterocycles. The molecule has 0 aliphatic rings. The van der Waals surface area contributed by atoms with Gasteiger partial charge in [-0.25, -0.2) is 0 Å². The highest BCUT2D eigenvalue weighted by atomic mass is 35.5. The van der Waals surface area contributed by atoms with Crippen molar-refractivity contribution >= 4 is 29.1 Å². The molecule has 1 atom stereocenters. The van der Waals surface area contributed by atoms with Crippen LogP contribution >= 0.6 is 23.2 Å². The molecule has 1 heterocycles. The molecule has 19 heavy (non-hydrogen) atoms. The SMILES string of the molecule is CC(NC(=O)c1ccc(Cl)nn1)c1ccc(Cl)cc1. The van der Waals surface area contributed by atoms with Crippen LogP contribution in [0.1, 0.15) is 29.0 Å². The van der Waals surface area contributed by atoms with E-state index in [2.05, 4.69) is 15.5 Å². The van der Waals surface area contributed by atoms with Crippen molar-refractivity contribution in [3.05, 3.63) is 57.8 Å². The number of nitrogens with zero attached hydrogens (tertiary/aromatic N) is 2. The summed E-state index contributed by atoms with van der Waals surface area (Å²) in [5.41, 5.74) is 1.19. The van der Waals surface area contributed by atoms with E-state index >= 15 is 0 Å². The molecule has 0 aliphatic heterocycles. The molecule has 1 aromatic carbocycles. The van der Waals surface area contributed by atoms with Crippen molar-refractivity contribution in [3.63, 3.8) is 0 Å². The summed E-state index contributed by atoms with van der Waals surface area (Å²) in [6.07, 6.45) is 0. The standard InChI is InChI=1S/C13H11Cl2N3O/c1-8(9-2-4-10(14)5-3-9)16-13(19)11-6-7-12(15)18-17-11/h2-8H,1H3,(H,16,19). The van der Waals surface area contributed by atoms with Gasteiger partial charge in [0.05, 0.1) is 6.04 Å². The van der Waals surface area contributed by atoms with Gasteiger partial charge in [0.15, 0.2) is 10.8 Å². The van der Waals surface area contributed by atoms with Gasteiger partial charge >= 0.3 is 0 Å². The van der Waals surface area contributed by atoms with Gasteiger partial charge in [-0.15, -0.1) is 10.2 Å². The molecule has 1 N–H and O–H groups in total. The summed E-state index contributed by atoms with van der Waals surface area (Å²) in [6, 6.07) is 10.2. The molecular formula is C13H11Cl2N3O. The predicted molar refractivity (Wildman–Crippen MR) is 74.4 cm³/mol. The number of hydrogen-bond acceptors (Lipinski definition) is 3. The van der Waals surface area contributed by atoms with Gasteiger partial charge in [-0.3, -0.25) is 4.79 Å². The Kier molecular flexibility index (Phi) is 4.35. The van der Waals surface area contributed by atoms with Crippen LogP contribution in [0.2, 0.25) is 10.2 Å². The lowest BCUT2D eigenvalue weighted by Gasteiger charge is -2.13. The van der Waals surface area contributed by atoms with Crippen molar-refractivity contribution in [3.8, 4) is 0 Å². The fraction of sp³-hybridized carbons (Fsp3) is 0.154. The van der Waals surface area contributed by atoms with E-state index in [0.29, 0.717) is 5.02 Å². The summed E-state index contributed by atoms with van der Waals surface area (Å²) < 4.78 is 0. The minimum absolute atomic E-state index is 0.151. The van der Waals surface area contributed by atoms with E-state index in [0.717, 1.165) is 5.56 Å². The van der Waals surface area contributed by atoms with Gasteiger partial charge in [0.2, 0.25) is 0 Å². The lowest BCUT2D eigenvalue weighted by atomic mass is 10.1. The van der Waals surface area contributed by atoms with Gasteiger partial charge in [-0.2, -0.15) is 0 Å². The predicted octanol–water partition coefficient (Wildman–Crippen LogP) is 3.27. The van der Waals surface area contributed by atoms with E-state index in [9.17, 15) is 4.79 Å². The van der Waals surface area contributed by atoms with Crippen LogP contribution in [0.3, 0.4) is 0 Å². The number of benzene rings is 1. The number of nitrogens with one attached hydrogen (secondary N) is 1. The van der Waals surface area contributed by atoms with Crippen molar-refractivity contribution in [2.75, 3.05) is 0 Å². The zero-order chi connectivity index (χ0) is 13.8. The number of aromatic nitrogens is 2. The van der Waals surface area contributed by atoms with Gasteiger partial charge in [-0.05, 0) is 36.8 Å². The Hall–Kier alpha value is -1.65. The Morgan fingerprint density at radius 3 is 2.37 bits per heavy atom. The number of rotatable bonds is 3. The van der Waals surface area contributed by atoms with E-state index in [4.69, 9.17) is 23.2 Å². The fourth-order valence-corrected chi connectivity index (χ4v) is 1.77. The highest BCUT2D eigenvalue weighted by Crippen LogP contribution is 2.16. The highest BCUT2D eigenvalue weighted by molar-refractivity contribution is 6.30. The first-order chi connectivity index (χ1) is 9.06. The molecule has 0 saturated heterocycles. The third-order valence-electron chi connectivity index (χ3n) is 2.58. The minimum Gasteiger partial charge on any atom is -0.344 e. The smallest absolute Gasteiger partial charge is 0.272 e. The van der Waals surface area contributed by atoms with Crippen molar-refractivity contribution in [1.29, 1.82) is 0 Å². The van der Waals surface area contributed by atoms with Gasteiger partial charge in [0, 0.05) is 5.02 Å². The van der Waals surface area contributed by atoms with E-state index in [1.807, 2.05) is 19.1 Å². The van der Waals surface area contributed by atoms with Gasteiger partial charge in [0.25, 0.3) is 5.91 Å².